The van der Waals surface area contributed by atoms with Gasteiger partial charge in [-0.2, -0.15) is 0 Å². The minimum atomic E-state index is -0.806. The number of aryl methyl sites for hydroxylation is 1. The normalized spacial score (nSPS) is 15.0. The minimum Gasteiger partial charge on any atom is -0.444 e. The van der Waals surface area contributed by atoms with Gasteiger partial charge in [-0.05, 0) is 69.6 Å². The number of nitrogens with zero attached hydrogens (tertiary/aromatic N) is 1. The first-order chi connectivity index (χ1) is 17.5. The van der Waals surface area contributed by atoms with Gasteiger partial charge in [0.15, 0.2) is 0 Å². The van der Waals surface area contributed by atoms with Gasteiger partial charge in [-0.15, -0.1) is 0 Å². The fraction of sp³-hybridized carbons (Fsp3) is 0.500. The summed E-state index contributed by atoms with van der Waals surface area (Å²) in [5.74, 6) is -0.349. The fourth-order valence-electron chi connectivity index (χ4n) is 4.39. The number of hydrogen-bond acceptors (Lipinski definition) is 4. The topological polar surface area (TPSA) is 87.7 Å². The van der Waals surface area contributed by atoms with Crippen LogP contribution in [0.3, 0.4) is 0 Å². The van der Waals surface area contributed by atoms with E-state index in [1.54, 1.807) is 25.7 Å². The highest BCUT2D eigenvalue weighted by atomic mass is 16.6. The van der Waals surface area contributed by atoms with Crippen LogP contribution in [0.5, 0.6) is 0 Å². The zero-order valence-corrected chi connectivity index (χ0v) is 22.9. The average molecular weight is 508 g/mol. The number of benzene rings is 2. The Kier molecular flexibility index (Phi) is 9.35. The van der Waals surface area contributed by atoms with Crippen molar-refractivity contribution in [3.63, 3.8) is 0 Å². The molecule has 7 heteroatoms. The number of carbonyl (C=O) groups is 3. The van der Waals surface area contributed by atoms with E-state index in [2.05, 4.69) is 10.6 Å². The Morgan fingerprint density at radius 2 is 1.62 bits per heavy atom. The molecule has 3 rings (SSSR count). The van der Waals surface area contributed by atoms with Gasteiger partial charge >= 0.3 is 6.09 Å². The van der Waals surface area contributed by atoms with Crippen molar-refractivity contribution < 1.29 is 19.1 Å². The molecule has 1 fully saturated rings. The van der Waals surface area contributed by atoms with Crippen molar-refractivity contribution in [3.05, 3.63) is 71.3 Å². The summed E-state index contributed by atoms with van der Waals surface area (Å²) < 4.78 is 5.45. The molecule has 0 bridgehead atoms. The van der Waals surface area contributed by atoms with E-state index in [0.29, 0.717) is 13.0 Å². The monoisotopic (exact) mass is 507 g/mol. The van der Waals surface area contributed by atoms with E-state index >= 15 is 0 Å². The molecule has 37 heavy (non-hydrogen) atoms. The summed E-state index contributed by atoms with van der Waals surface area (Å²) in [5, 5.41) is 5.85. The Balaban J connectivity index is 1.94. The van der Waals surface area contributed by atoms with Crippen molar-refractivity contribution in [2.45, 2.75) is 91.1 Å². The molecule has 0 saturated heterocycles. The van der Waals surface area contributed by atoms with Crippen molar-refractivity contribution in [1.82, 2.24) is 15.5 Å². The van der Waals surface area contributed by atoms with Gasteiger partial charge < -0.3 is 20.3 Å². The zero-order valence-electron chi connectivity index (χ0n) is 22.9. The molecule has 3 amide bonds. The second-order valence-corrected chi connectivity index (χ2v) is 11.3. The van der Waals surface area contributed by atoms with Crippen LogP contribution in [0.4, 0.5) is 4.79 Å². The Morgan fingerprint density at radius 3 is 2.19 bits per heavy atom. The van der Waals surface area contributed by atoms with E-state index in [1.165, 1.54) is 0 Å². The molecule has 2 aromatic carbocycles. The van der Waals surface area contributed by atoms with Crippen LogP contribution < -0.4 is 10.6 Å². The van der Waals surface area contributed by atoms with Crippen molar-refractivity contribution >= 4 is 17.9 Å². The Labute approximate surface area is 221 Å². The van der Waals surface area contributed by atoms with E-state index < -0.39 is 23.8 Å². The lowest BCUT2D eigenvalue weighted by atomic mass is 9.96. The van der Waals surface area contributed by atoms with Gasteiger partial charge in [-0.1, -0.05) is 68.4 Å². The van der Waals surface area contributed by atoms with E-state index in [9.17, 15) is 14.4 Å². The van der Waals surface area contributed by atoms with Crippen LogP contribution >= 0.6 is 0 Å². The van der Waals surface area contributed by atoms with E-state index in [4.69, 9.17) is 4.74 Å². The Bertz CT molecular complexity index is 1070. The van der Waals surface area contributed by atoms with E-state index in [1.807, 2.05) is 75.4 Å². The van der Waals surface area contributed by atoms with Gasteiger partial charge in [-0.25, -0.2) is 4.79 Å². The summed E-state index contributed by atoms with van der Waals surface area (Å²) in [5.41, 5.74) is 2.01. The summed E-state index contributed by atoms with van der Waals surface area (Å²) in [6.07, 6.45) is 1.44. The molecule has 2 atom stereocenters. The maximum absolute atomic E-state index is 14.1. The third-order valence-corrected chi connectivity index (χ3v) is 6.21. The maximum atomic E-state index is 14.1. The lowest BCUT2D eigenvalue weighted by Gasteiger charge is -2.35. The second-order valence-electron chi connectivity index (χ2n) is 11.3. The molecule has 1 aliphatic carbocycles. The smallest absolute Gasteiger partial charge is 0.408 e. The van der Waals surface area contributed by atoms with Gasteiger partial charge in [-0.3, -0.25) is 9.59 Å². The summed E-state index contributed by atoms with van der Waals surface area (Å²) in [6.45, 7) is 11.7. The Morgan fingerprint density at radius 1 is 1.00 bits per heavy atom. The average Bonchev–Trinajstić information content (AvgIpc) is 3.65. The lowest BCUT2D eigenvalue weighted by Crippen LogP contribution is -2.54. The maximum Gasteiger partial charge on any atom is 0.408 e. The molecule has 2 aromatic rings. The number of rotatable bonds is 10. The van der Waals surface area contributed by atoms with Crippen LogP contribution in [0.1, 0.15) is 76.6 Å². The minimum absolute atomic E-state index is 0.0605. The van der Waals surface area contributed by atoms with Crippen LogP contribution in [0.25, 0.3) is 0 Å². The van der Waals surface area contributed by atoms with Crippen molar-refractivity contribution in [2.75, 3.05) is 0 Å². The van der Waals surface area contributed by atoms with Crippen molar-refractivity contribution in [2.24, 2.45) is 5.92 Å². The van der Waals surface area contributed by atoms with E-state index in [0.717, 1.165) is 29.5 Å². The van der Waals surface area contributed by atoms with Crippen LogP contribution in [0.15, 0.2) is 54.6 Å². The first-order valence-electron chi connectivity index (χ1n) is 13.1. The molecule has 2 N–H and O–H groups in total. The number of nitrogens with one attached hydrogen (secondary N) is 2. The van der Waals surface area contributed by atoms with Gasteiger partial charge in [0.05, 0.1) is 0 Å². The molecule has 7 nitrogen and oxygen atoms in total. The zero-order chi connectivity index (χ0) is 27.2. The molecule has 200 valence electrons. The third-order valence-electron chi connectivity index (χ3n) is 6.21. The first kappa shape index (κ1) is 28.2. The standard InChI is InChI=1S/C30H41N3O4/c1-20(2)18-25(32-29(36)37-30(4,5)6)28(35)33(23-16-17-23)26(24-15-11-10-12-21(24)3)27(34)31-19-22-13-8-7-9-14-22/h7-15,20,23,25-26H,16-19H2,1-6H3,(H,31,34)(H,32,36). The number of ether oxygens (including phenoxy) is 1. The van der Waals surface area contributed by atoms with Gasteiger partial charge in [0.25, 0.3) is 0 Å². The quantitative estimate of drug-likeness (QED) is 0.458. The summed E-state index contributed by atoms with van der Waals surface area (Å²) >= 11 is 0. The highest BCUT2D eigenvalue weighted by Gasteiger charge is 2.44. The lowest BCUT2D eigenvalue weighted by molar-refractivity contribution is -0.143. The molecular weight excluding hydrogens is 466 g/mol. The van der Waals surface area contributed by atoms with Crippen molar-refractivity contribution in [1.29, 1.82) is 0 Å². The largest absolute Gasteiger partial charge is 0.444 e. The molecule has 2 unspecified atom stereocenters. The summed E-state index contributed by atoms with van der Waals surface area (Å²) in [4.78, 5) is 42.3. The number of hydrogen-bond donors (Lipinski definition) is 2. The molecule has 0 aromatic heterocycles. The van der Waals surface area contributed by atoms with Crippen LogP contribution in [-0.4, -0.2) is 40.5 Å². The van der Waals surface area contributed by atoms with Gasteiger partial charge in [0, 0.05) is 12.6 Å². The highest BCUT2D eigenvalue weighted by Crippen LogP contribution is 2.37. The van der Waals surface area contributed by atoms with Gasteiger partial charge in [0.1, 0.15) is 17.7 Å². The number of amides is 3. The molecule has 0 radical (unpaired) electrons. The van der Waals surface area contributed by atoms with Crippen LogP contribution in [-0.2, 0) is 20.9 Å². The molecule has 1 aliphatic rings. The van der Waals surface area contributed by atoms with E-state index in [-0.39, 0.29) is 23.8 Å². The molecule has 1 saturated carbocycles. The van der Waals surface area contributed by atoms with Crippen molar-refractivity contribution in [3.8, 4) is 0 Å². The first-order valence-corrected chi connectivity index (χ1v) is 13.1. The molecular formula is C30H41N3O4. The number of alkyl carbamates (subject to hydrolysis) is 1. The Hall–Kier alpha value is -3.35. The fourth-order valence-corrected chi connectivity index (χ4v) is 4.39. The SMILES string of the molecule is Cc1ccccc1C(C(=O)NCc1ccccc1)N(C(=O)C(CC(C)C)NC(=O)OC(C)(C)C)C1CC1. The van der Waals surface area contributed by atoms with Crippen LogP contribution in [0.2, 0.25) is 0 Å². The molecule has 0 spiro atoms. The predicted octanol–water partition coefficient (Wildman–Crippen LogP) is 5.28. The second kappa shape index (κ2) is 12.3. The van der Waals surface area contributed by atoms with Gasteiger partial charge in [0.2, 0.25) is 11.8 Å². The summed E-state index contributed by atoms with van der Waals surface area (Å²) in [7, 11) is 0. The predicted molar refractivity (Wildman–Crippen MR) is 145 cm³/mol. The number of carbonyl (C=O) groups excluding carboxylic acids is 3. The van der Waals surface area contributed by atoms with Crippen LogP contribution in [0, 0.1) is 12.8 Å². The third kappa shape index (κ3) is 8.34. The molecule has 0 aliphatic heterocycles. The highest BCUT2D eigenvalue weighted by molar-refractivity contribution is 5.92. The summed E-state index contributed by atoms with van der Waals surface area (Å²) in [6, 6.07) is 15.7. The molecule has 0 heterocycles.